The summed E-state index contributed by atoms with van der Waals surface area (Å²) in [6.07, 6.45) is 0.990. The van der Waals surface area contributed by atoms with Crippen LogP contribution in [0.5, 0.6) is 5.75 Å². The van der Waals surface area contributed by atoms with Crippen molar-refractivity contribution in [2.75, 3.05) is 20.2 Å². The molecule has 3 heteroatoms. The van der Waals surface area contributed by atoms with Crippen molar-refractivity contribution < 1.29 is 4.74 Å². The number of nitriles is 1. The first-order chi connectivity index (χ1) is 9.04. The first kappa shape index (κ1) is 15.5. The van der Waals surface area contributed by atoms with Crippen LogP contribution in [0, 0.1) is 17.2 Å². The monoisotopic (exact) mass is 260 g/mol. The van der Waals surface area contributed by atoms with Crippen LogP contribution >= 0.6 is 0 Å². The zero-order valence-corrected chi connectivity index (χ0v) is 12.4. The van der Waals surface area contributed by atoms with Crippen LogP contribution in [0.4, 0.5) is 0 Å². The molecular formula is C16H24N2O. The third kappa shape index (κ3) is 5.32. The van der Waals surface area contributed by atoms with Crippen molar-refractivity contribution in [2.24, 2.45) is 5.92 Å². The summed E-state index contributed by atoms with van der Waals surface area (Å²) in [6.45, 7) is 8.44. The van der Waals surface area contributed by atoms with Gasteiger partial charge in [-0.15, -0.1) is 0 Å². The van der Waals surface area contributed by atoms with E-state index in [1.54, 1.807) is 12.1 Å². The largest absolute Gasteiger partial charge is 0.494 e. The van der Waals surface area contributed by atoms with Crippen LogP contribution in [0.2, 0.25) is 0 Å². The van der Waals surface area contributed by atoms with Crippen LogP contribution < -0.4 is 4.74 Å². The highest BCUT2D eigenvalue weighted by Crippen LogP contribution is 2.13. The second kappa shape index (κ2) is 7.81. The maximum atomic E-state index is 8.81. The minimum atomic E-state index is 0.585. The summed E-state index contributed by atoms with van der Waals surface area (Å²) in [4.78, 5) is 2.36. The Bertz CT molecular complexity index is 423. The zero-order valence-electron chi connectivity index (χ0n) is 12.4. The van der Waals surface area contributed by atoms with Gasteiger partial charge < -0.3 is 9.64 Å². The van der Waals surface area contributed by atoms with E-state index < -0.39 is 0 Å². The molecule has 1 atom stereocenters. The van der Waals surface area contributed by atoms with Gasteiger partial charge in [0.1, 0.15) is 5.75 Å². The highest BCUT2D eigenvalue weighted by molar-refractivity contribution is 5.36. The Morgan fingerprint density at radius 1 is 1.32 bits per heavy atom. The normalized spacial score (nSPS) is 12.5. The summed E-state index contributed by atoms with van der Waals surface area (Å²) in [5, 5.41) is 8.81. The Morgan fingerprint density at radius 2 is 2.05 bits per heavy atom. The van der Waals surface area contributed by atoms with E-state index in [1.165, 1.54) is 0 Å². The van der Waals surface area contributed by atoms with Gasteiger partial charge in [0.15, 0.2) is 0 Å². The van der Waals surface area contributed by atoms with Crippen LogP contribution in [-0.4, -0.2) is 31.1 Å². The van der Waals surface area contributed by atoms with E-state index in [4.69, 9.17) is 10.00 Å². The number of nitrogens with zero attached hydrogens (tertiary/aromatic N) is 2. The maximum absolute atomic E-state index is 8.81. The number of hydrogen-bond acceptors (Lipinski definition) is 3. The quantitative estimate of drug-likeness (QED) is 0.706. The second-order valence-corrected chi connectivity index (χ2v) is 5.31. The third-order valence-corrected chi connectivity index (χ3v) is 3.55. The summed E-state index contributed by atoms with van der Waals surface area (Å²) >= 11 is 0. The predicted octanol–water partition coefficient (Wildman–Crippen LogP) is 3.30. The minimum Gasteiger partial charge on any atom is -0.494 e. The van der Waals surface area contributed by atoms with Gasteiger partial charge in [0, 0.05) is 12.6 Å². The van der Waals surface area contributed by atoms with Gasteiger partial charge in [0.05, 0.1) is 18.2 Å². The Morgan fingerprint density at radius 3 is 2.68 bits per heavy atom. The van der Waals surface area contributed by atoms with Gasteiger partial charge in [-0.25, -0.2) is 0 Å². The van der Waals surface area contributed by atoms with Gasteiger partial charge in [0.2, 0.25) is 0 Å². The van der Waals surface area contributed by atoms with Crippen LogP contribution in [0.1, 0.15) is 32.8 Å². The fraction of sp³-hybridized carbons (Fsp3) is 0.562. The molecule has 0 saturated carbocycles. The molecule has 0 N–H and O–H groups in total. The molecule has 3 nitrogen and oxygen atoms in total. The van der Waals surface area contributed by atoms with Crippen LogP contribution in [0.25, 0.3) is 0 Å². The lowest BCUT2D eigenvalue weighted by atomic mass is 10.1. The van der Waals surface area contributed by atoms with Crippen LogP contribution in [0.15, 0.2) is 24.3 Å². The third-order valence-electron chi connectivity index (χ3n) is 3.55. The summed E-state index contributed by atoms with van der Waals surface area (Å²) < 4.78 is 5.66. The molecule has 0 radical (unpaired) electrons. The van der Waals surface area contributed by atoms with E-state index >= 15 is 0 Å². The molecule has 0 aliphatic carbocycles. The van der Waals surface area contributed by atoms with Crippen molar-refractivity contribution in [3.8, 4) is 11.8 Å². The van der Waals surface area contributed by atoms with Crippen LogP contribution in [0.3, 0.4) is 0 Å². The lowest BCUT2D eigenvalue weighted by Gasteiger charge is -2.27. The van der Waals surface area contributed by atoms with Gasteiger partial charge >= 0.3 is 0 Å². The maximum Gasteiger partial charge on any atom is 0.120 e. The highest BCUT2D eigenvalue weighted by Gasteiger charge is 2.12. The topological polar surface area (TPSA) is 36.3 Å². The smallest absolute Gasteiger partial charge is 0.120 e. The van der Waals surface area contributed by atoms with Gasteiger partial charge in [-0.05, 0) is 44.5 Å². The highest BCUT2D eigenvalue weighted by atomic mass is 16.5. The summed E-state index contributed by atoms with van der Waals surface area (Å²) in [7, 11) is 2.15. The van der Waals surface area contributed by atoms with Crippen LogP contribution in [-0.2, 0) is 0 Å². The Kier molecular flexibility index (Phi) is 6.38. The molecule has 0 amide bonds. The van der Waals surface area contributed by atoms with E-state index in [0.717, 1.165) is 18.7 Å². The van der Waals surface area contributed by atoms with Crippen molar-refractivity contribution in [2.45, 2.75) is 33.2 Å². The molecule has 0 fully saturated rings. The molecule has 0 aromatic heterocycles. The van der Waals surface area contributed by atoms with Gasteiger partial charge in [-0.2, -0.15) is 5.26 Å². The van der Waals surface area contributed by atoms with E-state index in [1.807, 2.05) is 12.1 Å². The fourth-order valence-electron chi connectivity index (χ4n) is 1.87. The molecule has 1 unspecified atom stereocenters. The first-order valence-corrected chi connectivity index (χ1v) is 6.87. The van der Waals surface area contributed by atoms with Crippen molar-refractivity contribution in [1.82, 2.24) is 4.90 Å². The predicted molar refractivity (Wildman–Crippen MR) is 78.2 cm³/mol. The lowest BCUT2D eigenvalue weighted by Crippen LogP contribution is -2.34. The molecule has 0 heterocycles. The summed E-state index contributed by atoms with van der Waals surface area (Å²) in [6, 6.07) is 10.00. The molecule has 19 heavy (non-hydrogen) atoms. The fourth-order valence-corrected chi connectivity index (χ4v) is 1.87. The Hall–Kier alpha value is -1.53. The van der Waals surface area contributed by atoms with Crippen molar-refractivity contribution in [3.63, 3.8) is 0 Å². The Balaban J connectivity index is 2.29. The lowest BCUT2D eigenvalue weighted by molar-refractivity contribution is 0.189. The zero-order chi connectivity index (χ0) is 14.3. The molecule has 1 aromatic carbocycles. The minimum absolute atomic E-state index is 0.585. The average Bonchev–Trinajstić information content (AvgIpc) is 2.42. The molecular weight excluding hydrogens is 236 g/mol. The molecule has 104 valence electrons. The number of rotatable bonds is 7. The van der Waals surface area contributed by atoms with E-state index in [0.29, 0.717) is 24.1 Å². The van der Waals surface area contributed by atoms with Gasteiger partial charge in [-0.1, -0.05) is 19.9 Å². The molecule has 0 bridgehead atoms. The van der Waals surface area contributed by atoms with Crippen molar-refractivity contribution >= 4 is 0 Å². The standard InChI is InChI=1S/C16H24N2O/c1-13(2)14(3)18(4)9-6-10-19-16-8-5-7-15(11-16)12-17/h5,7-8,11,13-14H,6,9-10H2,1-4H3. The number of hydrogen-bond donors (Lipinski definition) is 0. The molecule has 0 saturated heterocycles. The SMILES string of the molecule is CC(C)C(C)N(C)CCCOc1cccc(C#N)c1. The van der Waals surface area contributed by atoms with E-state index in [2.05, 4.69) is 38.8 Å². The second-order valence-electron chi connectivity index (χ2n) is 5.31. The summed E-state index contributed by atoms with van der Waals surface area (Å²) in [5.74, 6) is 1.44. The molecule has 1 aromatic rings. The van der Waals surface area contributed by atoms with Crippen molar-refractivity contribution in [3.05, 3.63) is 29.8 Å². The molecule has 0 aliphatic rings. The van der Waals surface area contributed by atoms with Gasteiger partial charge in [-0.3, -0.25) is 0 Å². The van der Waals surface area contributed by atoms with Gasteiger partial charge in [0.25, 0.3) is 0 Å². The van der Waals surface area contributed by atoms with E-state index in [-0.39, 0.29) is 0 Å². The Labute approximate surface area is 116 Å². The number of ether oxygens (including phenoxy) is 1. The number of benzene rings is 1. The molecule has 0 aliphatic heterocycles. The van der Waals surface area contributed by atoms with Crippen molar-refractivity contribution in [1.29, 1.82) is 5.26 Å². The van der Waals surface area contributed by atoms with E-state index in [9.17, 15) is 0 Å². The first-order valence-electron chi connectivity index (χ1n) is 6.87. The summed E-state index contributed by atoms with van der Waals surface area (Å²) in [5.41, 5.74) is 0.642. The molecule has 0 spiro atoms. The molecule has 1 rings (SSSR count). The average molecular weight is 260 g/mol.